The number of hydrogen-bond donors (Lipinski definition) is 2. The average molecular weight is 409 g/mol. The third-order valence-electron chi connectivity index (χ3n) is 2.73. The Kier molecular flexibility index (Phi) is 10.1. The molecule has 0 spiro atoms. The second kappa shape index (κ2) is 10.6. The van der Waals surface area contributed by atoms with Crippen molar-refractivity contribution >= 4 is 29.9 Å². The fraction of sp³-hybridized carbons (Fsp3) is 0.533. The number of nitrogens with zero attached hydrogens (tertiary/aromatic N) is 1. The lowest BCUT2D eigenvalue weighted by molar-refractivity contribution is 0.191. The van der Waals surface area contributed by atoms with Gasteiger partial charge in [-0.3, -0.25) is 4.99 Å². The van der Waals surface area contributed by atoms with E-state index in [2.05, 4.69) is 15.6 Å². The molecule has 0 amide bonds. The van der Waals surface area contributed by atoms with Gasteiger partial charge in [0.2, 0.25) is 0 Å². The van der Waals surface area contributed by atoms with E-state index in [1.54, 1.807) is 25.2 Å². The first-order valence-electron chi connectivity index (χ1n) is 6.95. The van der Waals surface area contributed by atoms with E-state index in [0.29, 0.717) is 12.6 Å². The zero-order chi connectivity index (χ0) is 15.0. The van der Waals surface area contributed by atoms with Crippen LogP contribution in [0, 0.1) is 5.82 Å². The maximum Gasteiger partial charge on any atom is 0.191 e. The van der Waals surface area contributed by atoms with Crippen LogP contribution in [0.5, 0.6) is 5.75 Å². The van der Waals surface area contributed by atoms with Crippen molar-refractivity contribution in [3.63, 3.8) is 0 Å². The van der Waals surface area contributed by atoms with Crippen LogP contribution in [-0.2, 0) is 0 Å². The van der Waals surface area contributed by atoms with Crippen LogP contribution in [0.1, 0.15) is 27.2 Å². The van der Waals surface area contributed by atoms with Crippen LogP contribution in [0.3, 0.4) is 0 Å². The number of nitrogens with one attached hydrogen (secondary N) is 2. The van der Waals surface area contributed by atoms with Gasteiger partial charge >= 0.3 is 0 Å². The molecule has 0 fully saturated rings. The van der Waals surface area contributed by atoms with Gasteiger partial charge in [-0.15, -0.1) is 24.0 Å². The van der Waals surface area contributed by atoms with Gasteiger partial charge in [-0.2, -0.15) is 0 Å². The predicted molar refractivity (Wildman–Crippen MR) is 96.2 cm³/mol. The van der Waals surface area contributed by atoms with Crippen LogP contribution in [0.25, 0.3) is 0 Å². The number of hydrogen-bond acceptors (Lipinski definition) is 2. The van der Waals surface area contributed by atoms with E-state index >= 15 is 0 Å². The van der Waals surface area contributed by atoms with Gasteiger partial charge in [0.05, 0.1) is 6.54 Å². The number of benzene rings is 1. The number of para-hydroxylation sites is 1. The summed E-state index contributed by atoms with van der Waals surface area (Å²) in [5.41, 5.74) is 0. The van der Waals surface area contributed by atoms with Crippen LogP contribution in [0.4, 0.5) is 4.39 Å². The molecule has 2 N–H and O–H groups in total. The van der Waals surface area contributed by atoms with Gasteiger partial charge in [0.25, 0.3) is 0 Å². The van der Waals surface area contributed by atoms with Gasteiger partial charge in [-0.1, -0.05) is 19.1 Å². The van der Waals surface area contributed by atoms with Crippen LogP contribution >= 0.6 is 24.0 Å². The Labute approximate surface area is 143 Å². The van der Waals surface area contributed by atoms with Crippen molar-refractivity contribution in [1.29, 1.82) is 0 Å². The number of ether oxygens (including phenoxy) is 1. The minimum atomic E-state index is -0.337. The Morgan fingerprint density at radius 1 is 1.33 bits per heavy atom. The van der Waals surface area contributed by atoms with Crippen molar-refractivity contribution in [2.45, 2.75) is 39.3 Å². The quantitative estimate of drug-likeness (QED) is 0.431. The molecule has 1 rings (SSSR count). The Morgan fingerprint density at radius 3 is 2.52 bits per heavy atom. The molecule has 0 aliphatic rings. The standard InChI is InChI=1S/C15H24FN3O.HI/c1-5-12(10-18-15(17-4)19-11(2)3)20-14-9-7-6-8-13(14)16;/h6-9,11-12H,5,10H2,1-4H3,(H2,17,18,19);1H. The fourth-order valence-electron chi connectivity index (χ4n) is 1.67. The summed E-state index contributed by atoms with van der Waals surface area (Å²) in [7, 11) is 1.72. The molecule has 6 heteroatoms. The van der Waals surface area contributed by atoms with Gasteiger partial charge in [0.15, 0.2) is 17.5 Å². The number of rotatable bonds is 6. The van der Waals surface area contributed by atoms with Crippen molar-refractivity contribution in [1.82, 2.24) is 10.6 Å². The summed E-state index contributed by atoms with van der Waals surface area (Å²) < 4.78 is 19.2. The molecular weight excluding hydrogens is 384 g/mol. The van der Waals surface area contributed by atoms with Gasteiger partial charge in [0, 0.05) is 13.1 Å². The molecule has 21 heavy (non-hydrogen) atoms. The second-order valence-corrected chi connectivity index (χ2v) is 4.83. The largest absolute Gasteiger partial charge is 0.486 e. The molecular formula is C15H25FIN3O. The molecule has 0 aliphatic carbocycles. The average Bonchev–Trinajstić information content (AvgIpc) is 2.43. The molecule has 1 aromatic carbocycles. The molecule has 0 aromatic heterocycles. The van der Waals surface area contributed by atoms with Crippen LogP contribution < -0.4 is 15.4 Å². The van der Waals surface area contributed by atoms with Crippen molar-refractivity contribution in [3.8, 4) is 5.75 Å². The molecule has 0 heterocycles. The van der Waals surface area contributed by atoms with E-state index in [4.69, 9.17) is 4.74 Å². The highest BCUT2D eigenvalue weighted by Gasteiger charge is 2.12. The Morgan fingerprint density at radius 2 is 2.00 bits per heavy atom. The summed E-state index contributed by atoms with van der Waals surface area (Å²) in [5.74, 6) is 0.666. The van der Waals surface area contributed by atoms with E-state index in [1.165, 1.54) is 6.07 Å². The third-order valence-corrected chi connectivity index (χ3v) is 2.73. The molecule has 0 saturated carbocycles. The van der Waals surface area contributed by atoms with Gasteiger partial charge in [-0.25, -0.2) is 4.39 Å². The van der Waals surface area contributed by atoms with Gasteiger partial charge in [-0.05, 0) is 32.4 Å². The number of halogens is 2. The zero-order valence-electron chi connectivity index (χ0n) is 13.0. The number of guanidine groups is 1. The van der Waals surface area contributed by atoms with Crippen molar-refractivity contribution in [3.05, 3.63) is 30.1 Å². The summed E-state index contributed by atoms with van der Waals surface area (Å²) in [5, 5.41) is 6.38. The predicted octanol–water partition coefficient (Wildman–Crippen LogP) is 3.17. The van der Waals surface area contributed by atoms with E-state index in [1.807, 2.05) is 20.8 Å². The normalized spacial score (nSPS) is 12.6. The molecule has 0 radical (unpaired) electrons. The minimum Gasteiger partial charge on any atom is -0.486 e. The SMILES string of the molecule is CCC(CNC(=NC)NC(C)C)Oc1ccccc1F.I. The monoisotopic (exact) mass is 409 g/mol. The molecule has 1 unspecified atom stereocenters. The van der Waals surface area contributed by atoms with E-state index in [0.717, 1.165) is 12.4 Å². The van der Waals surface area contributed by atoms with E-state index in [9.17, 15) is 4.39 Å². The molecule has 0 aliphatic heterocycles. The summed E-state index contributed by atoms with van der Waals surface area (Å²) >= 11 is 0. The zero-order valence-corrected chi connectivity index (χ0v) is 15.4. The fourth-order valence-corrected chi connectivity index (χ4v) is 1.67. The van der Waals surface area contributed by atoms with E-state index < -0.39 is 0 Å². The maximum absolute atomic E-state index is 13.5. The van der Waals surface area contributed by atoms with Gasteiger partial charge in [0.1, 0.15) is 6.10 Å². The highest BCUT2D eigenvalue weighted by atomic mass is 127. The Bertz CT molecular complexity index is 441. The second-order valence-electron chi connectivity index (χ2n) is 4.83. The summed E-state index contributed by atoms with van der Waals surface area (Å²) in [6.45, 7) is 6.66. The van der Waals surface area contributed by atoms with Crippen LogP contribution in [0.2, 0.25) is 0 Å². The van der Waals surface area contributed by atoms with E-state index in [-0.39, 0.29) is 41.6 Å². The lowest BCUT2D eigenvalue weighted by atomic mass is 10.2. The Balaban J connectivity index is 0.00000400. The highest BCUT2D eigenvalue weighted by molar-refractivity contribution is 14.0. The third kappa shape index (κ3) is 7.50. The lowest BCUT2D eigenvalue weighted by Crippen LogP contribution is -2.44. The topological polar surface area (TPSA) is 45.7 Å². The first-order chi connectivity index (χ1) is 9.56. The Hall–Kier alpha value is -1.05. The molecule has 120 valence electrons. The van der Waals surface area contributed by atoms with Crippen LogP contribution in [0.15, 0.2) is 29.3 Å². The maximum atomic E-state index is 13.5. The van der Waals surface area contributed by atoms with Gasteiger partial charge < -0.3 is 15.4 Å². The summed E-state index contributed by atoms with van der Waals surface area (Å²) in [6, 6.07) is 6.75. The molecule has 1 aromatic rings. The minimum absolute atomic E-state index is 0. The number of aliphatic imine (C=N–C) groups is 1. The molecule has 0 saturated heterocycles. The first kappa shape index (κ1) is 19.9. The molecule has 0 bridgehead atoms. The van der Waals surface area contributed by atoms with Crippen molar-refractivity contribution in [2.75, 3.05) is 13.6 Å². The first-order valence-corrected chi connectivity index (χ1v) is 6.95. The van der Waals surface area contributed by atoms with Crippen LogP contribution in [-0.4, -0.2) is 31.7 Å². The highest BCUT2D eigenvalue weighted by Crippen LogP contribution is 2.17. The molecule has 4 nitrogen and oxygen atoms in total. The lowest BCUT2D eigenvalue weighted by Gasteiger charge is -2.21. The summed E-state index contributed by atoms with van der Waals surface area (Å²) in [4.78, 5) is 4.12. The molecule has 1 atom stereocenters. The summed E-state index contributed by atoms with van der Waals surface area (Å²) in [6.07, 6.45) is 0.664. The van der Waals surface area contributed by atoms with Crippen molar-refractivity contribution < 1.29 is 9.13 Å². The smallest absolute Gasteiger partial charge is 0.191 e. The van der Waals surface area contributed by atoms with Crippen molar-refractivity contribution in [2.24, 2.45) is 4.99 Å².